The third-order valence-electron chi connectivity index (χ3n) is 5.93. The minimum Gasteiger partial charge on any atom is -0.478 e. The highest BCUT2D eigenvalue weighted by Gasteiger charge is 2.43. The van der Waals surface area contributed by atoms with Gasteiger partial charge in [0.1, 0.15) is 0 Å². The number of anilines is 1. The van der Waals surface area contributed by atoms with Gasteiger partial charge in [-0.3, -0.25) is 14.5 Å². The number of hydrogen-bond acceptors (Lipinski definition) is 4. The predicted molar refractivity (Wildman–Crippen MR) is 109 cm³/mol. The van der Waals surface area contributed by atoms with Crippen molar-refractivity contribution in [2.45, 2.75) is 31.7 Å². The molecule has 6 heteroatoms. The van der Waals surface area contributed by atoms with Crippen molar-refractivity contribution in [1.29, 1.82) is 0 Å². The number of amides is 2. The van der Waals surface area contributed by atoms with Gasteiger partial charge in [-0.2, -0.15) is 0 Å². The van der Waals surface area contributed by atoms with Crippen LogP contribution in [0.4, 0.5) is 5.69 Å². The van der Waals surface area contributed by atoms with Crippen molar-refractivity contribution < 1.29 is 19.5 Å². The van der Waals surface area contributed by atoms with Crippen LogP contribution in [0.5, 0.6) is 0 Å². The zero-order valence-electron chi connectivity index (χ0n) is 16.2. The Labute approximate surface area is 169 Å². The van der Waals surface area contributed by atoms with Crippen molar-refractivity contribution in [3.05, 3.63) is 65.7 Å². The van der Waals surface area contributed by atoms with Gasteiger partial charge in [-0.25, -0.2) is 9.69 Å². The summed E-state index contributed by atoms with van der Waals surface area (Å²) in [5.41, 5.74) is 1.73. The number of piperidine rings is 1. The Kier molecular flexibility index (Phi) is 5.45. The predicted octanol–water partition coefficient (Wildman–Crippen LogP) is 2.97. The highest BCUT2D eigenvalue weighted by atomic mass is 16.4. The minimum absolute atomic E-state index is 0.0632. The molecule has 6 nitrogen and oxygen atoms in total. The molecule has 29 heavy (non-hydrogen) atoms. The summed E-state index contributed by atoms with van der Waals surface area (Å²) in [6, 6.07) is 16.0. The summed E-state index contributed by atoms with van der Waals surface area (Å²) in [6.07, 6.45) is 3.20. The van der Waals surface area contributed by atoms with Gasteiger partial charge in [0, 0.05) is 0 Å². The third-order valence-corrected chi connectivity index (χ3v) is 5.93. The fourth-order valence-electron chi connectivity index (χ4n) is 4.37. The standard InChI is InChI=1S/C23H24N2O4/c26-21-15-20(22(27)25(21)19-8-4-7-18(14-19)23(28)29)24-11-9-17(10-12-24)13-16-5-2-1-3-6-16/h1-8,14,17,20H,9-13,15H2,(H,28,29). The SMILES string of the molecule is O=C(O)c1cccc(N2C(=O)CC(N3CCC(Cc4ccccc4)CC3)C2=O)c1. The molecule has 1 N–H and O–H groups in total. The average Bonchev–Trinajstić information content (AvgIpc) is 3.03. The Balaban J connectivity index is 1.41. The maximum Gasteiger partial charge on any atom is 0.335 e. The molecule has 2 amide bonds. The summed E-state index contributed by atoms with van der Waals surface area (Å²) in [6.45, 7) is 1.59. The number of aromatic carboxylic acids is 1. The smallest absolute Gasteiger partial charge is 0.335 e. The molecule has 0 spiro atoms. The summed E-state index contributed by atoms with van der Waals surface area (Å²) < 4.78 is 0. The second-order valence-corrected chi connectivity index (χ2v) is 7.81. The molecule has 2 fully saturated rings. The molecule has 2 saturated heterocycles. The lowest BCUT2D eigenvalue weighted by Crippen LogP contribution is -2.46. The highest BCUT2D eigenvalue weighted by molar-refractivity contribution is 6.22. The van der Waals surface area contributed by atoms with Crippen molar-refractivity contribution >= 4 is 23.5 Å². The molecule has 2 aromatic carbocycles. The van der Waals surface area contributed by atoms with E-state index in [4.69, 9.17) is 0 Å². The van der Waals surface area contributed by atoms with Crippen molar-refractivity contribution in [2.75, 3.05) is 18.0 Å². The van der Waals surface area contributed by atoms with Crippen LogP contribution in [0.1, 0.15) is 35.2 Å². The monoisotopic (exact) mass is 392 g/mol. The molecule has 0 bridgehead atoms. The number of hydrogen-bond donors (Lipinski definition) is 1. The first-order chi connectivity index (χ1) is 14.0. The van der Waals surface area contributed by atoms with Crippen LogP contribution in [-0.4, -0.2) is 46.9 Å². The largest absolute Gasteiger partial charge is 0.478 e. The number of carbonyl (C=O) groups is 3. The Bertz CT molecular complexity index is 919. The zero-order valence-corrected chi connectivity index (χ0v) is 16.2. The third kappa shape index (κ3) is 4.07. The van der Waals surface area contributed by atoms with E-state index in [1.165, 1.54) is 17.7 Å². The number of nitrogens with zero attached hydrogens (tertiary/aromatic N) is 2. The molecule has 0 aliphatic carbocycles. The van der Waals surface area contributed by atoms with Gasteiger partial charge in [-0.1, -0.05) is 36.4 Å². The Hall–Kier alpha value is -2.99. The van der Waals surface area contributed by atoms with Crippen LogP contribution >= 0.6 is 0 Å². The Morgan fingerprint density at radius 1 is 1.00 bits per heavy atom. The van der Waals surface area contributed by atoms with Crippen molar-refractivity contribution in [3.63, 3.8) is 0 Å². The Morgan fingerprint density at radius 3 is 2.41 bits per heavy atom. The van der Waals surface area contributed by atoms with Crippen molar-refractivity contribution in [1.82, 2.24) is 4.90 Å². The number of carboxylic acids is 1. The first-order valence-electron chi connectivity index (χ1n) is 10.0. The fraction of sp³-hybridized carbons (Fsp3) is 0.348. The molecule has 2 aliphatic heterocycles. The summed E-state index contributed by atoms with van der Waals surface area (Å²) in [7, 11) is 0. The number of likely N-dealkylation sites (tertiary alicyclic amines) is 1. The van der Waals surface area contributed by atoms with Crippen LogP contribution in [-0.2, 0) is 16.0 Å². The number of benzene rings is 2. The molecule has 4 rings (SSSR count). The lowest BCUT2D eigenvalue weighted by Gasteiger charge is -2.34. The molecule has 1 atom stereocenters. The number of carboxylic acid groups (broad SMARTS) is 1. The van der Waals surface area contributed by atoms with Gasteiger partial charge in [0.2, 0.25) is 5.91 Å². The fourth-order valence-corrected chi connectivity index (χ4v) is 4.37. The molecular weight excluding hydrogens is 368 g/mol. The summed E-state index contributed by atoms with van der Waals surface area (Å²) in [5, 5.41) is 9.17. The minimum atomic E-state index is -1.08. The molecule has 2 aliphatic rings. The topological polar surface area (TPSA) is 77.9 Å². The number of carbonyl (C=O) groups excluding carboxylic acids is 2. The number of rotatable bonds is 5. The van der Waals surface area contributed by atoms with Gasteiger partial charge in [0.05, 0.1) is 23.7 Å². The molecule has 0 aromatic heterocycles. The van der Waals surface area contributed by atoms with E-state index in [0.29, 0.717) is 11.6 Å². The highest BCUT2D eigenvalue weighted by Crippen LogP contribution is 2.30. The van der Waals surface area contributed by atoms with E-state index in [1.54, 1.807) is 12.1 Å². The molecular formula is C23H24N2O4. The Morgan fingerprint density at radius 2 is 1.72 bits per heavy atom. The van der Waals surface area contributed by atoms with Crippen molar-refractivity contribution in [3.8, 4) is 0 Å². The van der Waals surface area contributed by atoms with Crippen LogP contribution < -0.4 is 4.90 Å². The van der Waals surface area contributed by atoms with Gasteiger partial charge in [0.25, 0.3) is 5.91 Å². The van der Waals surface area contributed by atoms with Crippen LogP contribution in [0.3, 0.4) is 0 Å². The maximum absolute atomic E-state index is 13.0. The first-order valence-corrected chi connectivity index (χ1v) is 10.0. The molecule has 2 heterocycles. The molecule has 2 aromatic rings. The second-order valence-electron chi connectivity index (χ2n) is 7.81. The summed E-state index contributed by atoms with van der Waals surface area (Å²) in [4.78, 5) is 40.0. The molecule has 0 radical (unpaired) electrons. The van der Waals surface area contributed by atoms with E-state index in [0.717, 1.165) is 37.3 Å². The lowest BCUT2D eigenvalue weighted by atomic mass is 9.89. The maximum atomic E-state index is 13.0. The zero-order chi connectivity index (χ0) is 20.4. The first kappa shape index (κ1) is 19.3. The summed E-state index contributed by atoms with van der Waals surface area (Å²) >= 11 is 0. The van der Waals surface area contributed by atoms with E-state index >= 15 is 0 Å². The van der Waals surface area contributed by atoms with E-state index in [2.05, 4.69) is 29.2 Å². The second kappa shape index (κ2) is 8.17. The van der Waals surface area contributed by atoms with Crippen molar-refractivity contribution in [2.24, 2.45) is 5.92 Å². The average molecular weight is 392 g/mol. The quantitative estimate of drug-likeness (QED) is 0.792. The van der Waals surface area contributed by atoms with E-state index in [-0.39, 0.29) is 23.8 Å². The van der Waals surface area contributed by atoms with Crippen LogP contribution in [0.2, 0.25) is 0 Å². The van der Waals surface area contributed by atoms with Crippen LogP contribution in [0.25, 0.3) is 0 Å². The van der Waals surface area contributed by atoms with Gasteiger partial charge in [-0.15, -0.1) is 0 Å². The van der Waals surface area contributed by atoms with Crippen LogP contribution in [0, 0.1) is 5.92 Å². The normalized spacial score (nSPS) is 21.0. The summed E-state index contributed by atoms with van der Waals surface area (Å²) in [5.74, 6) is -1.01. The van der Waals surface area contributed by atoms with Gasteiger partial charge in [0.15, 0.2) is 0 Å². The molecule has 0 saturated carbocycles. The van der Waals surface area contributed by atoms with E-state index in [1.807, 2.05) is 6.07 Å². The van der Waals surface area contributed by atoms with Gasteiger partial charge < -0.3 is 5.11 Å². The number of imide groups is 1. The van der Waals surface area contributed by atoms with Gasteiger partial charge >= 0.3 is 5.97 Å². The molecule has 1 unspecified atom stereocenters. The van der Waals surface area contributed by atoms with Crippen LogP contribution in [0.15, 0.2) is 54.6 Å². The van der Waals surface area contributed by atoms with Gasteiger partial charge in [-0.05, 0) is 62.0 Å². The van der Waals surface area contributed by atoms with E-state index < -0.39 is 12.0 Å². The van der Waals surface area contributed by atoms with E-state index in [9.17, 15) is 19.5 Å². The molecule has 150 valence electrons. The lowest BCUT2D eigenvalue weighted by molar-refractivity contribution is -0.123.